The fourth-order valence-corrected chi connectivity index (χ4v) is 0.911. The lowest BCUT2D eigenvalue weighted by atomic mass is 10.3. The molecule has 0 saturated carbocycles. The second-order valence-corrected chi connectivity index (χ2v) is 3.04. The molecule has 0 aliphatic rings. The predicted octanol–water partition coefficient (Wildman–Crippen LogP) is 2.14. The van der Waals surface area contributed by atoms with Gasteiger partial charge in [-0.1, -0.05) is 6.58 Å². The first kappa shape index (κ1) is 12.5. The highest BCUT2D eigenvalue weighted by Crippen LogP contribution is 2.26. The van der Waals surface area contributed by atoms with E-state index in [2.05, 4.69) is 11.3 Å². The van der Waals surface area contributed by atoms with E-state index in [1.807, 2.05) is 0 Å². The van der Waals surface area contributed by atoms with Crippen molar-refractivity contribution >= 4 is 0 Å². The molecule has 2 nitrogen and oxygen atoms in total. The third-order valence-electron chi connectivity index (χ3n) is 1.78. The van der Waals surface area contributed by atoms with Crippen LogP contribution in [0, 0.1) is 23.3 Å². The van der Waals surface area contributed by atoms with Crippen LogP contribution in [-0.4, -0.2) is 13.2 Å². The molecule has 0 radical (unpaired) electrons. The minimum absolute atomic E-state index is 0.0427. The molecule has 0 atom stereocenters. The number of nitrogens with two attached hydrogens (primary N) is 1. The molecule has 0 amide bonds. The summed E-state index contributed by atoms with van der Waals surface area (Å²) in [6.45, 7) is 3.14. The average molecular weight is 235 g/mol. The Morgan fingerprint density at radius 3 is 2.12 bits per heavy atom. The van der Waals surface area contributed by atoms with Crippen molar-refractivity contribution in [3.05, 3.63) is 41.5 Å². The molecule has 88 valence electrons. The number of halogens is 4. The van der Waals surface area contributed by atoms with Crippen molar-refractivity contribution in [1.82, 2.24) is 0 Å². The van der Waals surface area contributed by atoms with Gasteiger partial charge in [0, 0.05) is 12.6 Å². The maximum atomic E-state index is 13.0. The largest absolute Gasteiger partial charge is 0.483 e. The van der Waals surface area contributed by atoms with E-state index in [0.717, 1.165) is 0 Å². The van der Waals surface area contributed by atoms with Crippen molar-refractivity contribution in [2.45, 2.75) is 0 Å². The van der Waals surface area contributed by atoms with E-state index in [4.69, 9.17) is 5.73 Å². The molecule has 1 rings (SSSR count). The number of benzene rings is 1. The Kier molecular flexibility index (Phi) is 3.89. The van der Waals surface area contributed by atoms with Crippen molar-refractivity contribution < 1.29 is 22.3 Å². The Labute approximate surface area is 89.3 Å². The van der Waals surface area contributed by atoms with Gasteiger partial charge >= 0.3 is 0 Å². The summed E-state index contributed by atoms with van der Waals surface area (Å²) in [5, 5.41) is 0. The molecular weight excluding hydrogens is 226 g/mol. The molecule has 0 heterocycles. The van der Waals surface area contributed by atoms with Gasteiger partial charge in [-0.15, -0.1) is 0 Å². The Hall–Kier alpha value is -1.56. The molecule has 1 aromatic rings. The van der Waals surface area contributed by atoms with Gasteiger partial charge in [0.25, 0.3) is 0 Å². The summed E-state index contributed by atoms with van der Waals surface area (Å²) in [7, 11) is 0. The van der Waals surface area contributed by atoms with E-state index < -0.39 is 29.0 Å². The molecule has 16 heavy (non-hydrogen) atoms. The quantitative estimate of drug-likeness (QED) is 0.493. The van der Waals surface area contributed by atoms with Crippen molar-refractivity contribution in [2.75, 3.05) is 13.2 Å². The van der Waals surface area contributed by atoms with E-state index in [0.29, 0.717) is 5.57 Å². The summed E-state index contributed by atoms with van der Waals surface area (Å²) in [6.07, 6.45) is 0. The molecule has 0 aliphatic carbocycles. The van der Waals surface area contributed by atoms with Crippen LogP contribution in [-0.2, 0) is 0 Å². The monoisotopic (exact) mass is 235 g/mol. The Bertz CT molecular complexity index is 394. The highest BCUT2D eigenvalue weighted by atomic mass is 19.2. The SMILES string of the molecule is C=C(CN)COc1c(F)c(F)cc(F)c1F. The van der Waals surface area contributed by atoms with Crippen LogP contribution in [0.1, 0.15) is 0 Å². The number of ether oxygens (including phenoxy) is 1. The summed E-state index contributed by atoms with van der Waals surface area (Å²) in [4.78, 5) is 0. The summed E-state index contributed by atoms with van der Waals surface area (Å²) in [5.41, 5.74) is 5.49. The molecule has 0 saturated heterocycles. The second-order valence-electron chi connectivity index (χ2n) is 3.04. The van der Waals surface area contributed by atoms with Gasteiger partial charge in [0.15, 0.2) is 17.4 Å². The van der Waals surface area contributed by atoms with E-state index in [-0.39, 0.29) is 19.2 Å². The van der Waals surface area contributed by atoms with Gasteiger partial charge in [0.05, 0.1) is 0 Å². The zero-order chi connectivity index (χ0) is 12.3. The Morgan fingerprint density at radius 1 is 1.19 bits per heavy atom. The zero-order valence-electron chi connectivity index (χ0n) is 8.20. The zero-order valence-corrected chi connectivity index (χ0v) is 8.20. The van der Waals surface area contributed by atoms with Crippen LogP contribution in [0.4, 0.5) is 17.6 Å². The van der Waals surface area contributed by atoms with Gasteiger partial charge in [-0.3, -0.25) is 0 Å². The van der Waals surface area contributed by atoms with Crippen LogP contribution in [0.15, 0.2) is 18.2 Å². The number of hydrogen-bond acceptors (Lipinski definition) is 2. The van der Waals surface area contributed by atoms with Crippen molar-refractivity contribution in [1.29, 1.82) is 0 Å². The van der Waals surface area contributed by atoms with Crippen LogP contribution >= 0.6 is 0 Å². The fraction of sp³-hybridized carbons (Fsp3) is 0.200. The molecule has 0 aliphatic heterocycles. The van der Waals surface area contributed by atoms with E-state index in [1.54, 1.807) is 0 Å². The summed E-state index contributed by atoms with van der Waals surface area (Å²) in [6, 6.07) is 0.106. The summed E-state index contributed by atoms with van der Waals surface area (Å²) < 4.78 is 56.1. The molecule has 6 heteroatoms. The van der Waals surface area contributed by atoms with Crippen molar-refractivity contribution in [3.8, 4) is 5.75 Å². The first-order valence-corrected chi connectivity index (χ1v) is 4.29. The van der Waals surface area contributed by atoms with Gasteiger partial charge < -0.3 is 10.5 Å². The molecule has 1 aromatic carbocycles. The standard InChI is InChI=1S/C10H9F4NO/c1-5(3-15)4-16-10-8(13)6(11)2-7(12)9(10)14/h2H,1,3-4,15H2. The summed E-state index contributed by atoms with van der Waals surface area (Å²) in [5.74, 6) is -7.31. The molecule has 0 unspecified atom stereocenters. The van der Waals surface area contributed by atoms with Gasteiger partial charge in [0.1, 0.15) is 6.61 Å². The lowest BCUT2D eigenvalue weighted by molar-refractivity contribution is 0.294. The lowest BCUT2D eigenvalue weighted by Gasteiger charge is -2.09. The highest BCUT2D eigenvalue weighted by molar-refractivity contribution is 5.29. The van der Waals surface area contributed by atoms with Crippen LogP contribution in [0.25, 0.3) is 0 Å². The highest BCUT2D eigenvalue weighted by Gasteiger charge is 2.20. The topological polar surface area (TPSA) is 35.2 Å². The van der Waals surface area contributed by atoms with Gasteiger partial charge in [-0.05, 0) is 5.57 Å². The third-order valence-corrected chi connectivity index (χ3v) is 1.78. The maximum Gasteiger partial charge on any atom is 0.203 e. The first-order chi connectivity index (χ1) is 7.47. The van der Waals surface area contributed by atoms with Gasteiger partial charge in [-0.2, -0.15) is 8.78 Å². The van der Waals surface area contributed by atoms with Crippen molar-refractivity contribution in [3.63, 3.8) is 0 Å². The molecule has 0 bridgehead atoms. The minimum Gasteiger partial charge on any atom is -0.483 e. The molecule has 0 spiro atoms. The lowest BCUT2D eigenvalue weighted by Crippen LogP contribution is -2.12. The van der Waals surface area contributed by atoms with E-state index in [1.165, 1.54) is 0 Å². The predicted molar refractivity (Wildman–Crippen MR) is 50.0 cm³/mol. The molecule has 2 N–H and O–H groups in total. The van der Waals surface area contributed by atoms with Gasteiger partial charge in [0.2, 0.25) is 11.6 Å². The molecular formula is C10H9F4NO. The Morgan fingerprint density at radius 2 is 1.69 bits per heavy atom. The van der Waals surface area contributed by atoms with E-state index >= 15 is 0 Å². The second kappa shape index (κ2) is 4.98. The van der Waals surface area contributed by atoms with E-state index in [9.17, 15) is 17.6 Å². The average Bonchev–Trinajstić information content (AvgIpc) is 2.26. The van der Waals surface area contributed by atoms with Crippen LogP contribution in [0.5, 0.6) is 5.75 Å². The fourth-order valence-electron chi connectivity index (χ4n) is 0.911. The first-order valence-electron chi connectivity index (χ1n) is 4.29. The van der Waals surface area contributed by atoms with Crippen LogP contribution in [0.3, 0.4) is 0 Å². The molecule has 0 aromatic heterocycles. The number of hydrogen-bond donors (Lipinski definition) is 1. The number of rotatable bonds is 4. The molecule has 0 fully saturated rings. The maximum absolute atomic E-state index is 13.0. The van der Waals surface area contributed by atoms with Crippen LogP contribution < -0.4 is 10.5 Å². The normalized spacial score (nSPS) is 10.3. The smallest absolute Gasteiger partial charge is 0.203 e. The van der Waals surface area contributed by atoms with Crippen LogP contribution in [0.2, 0.25) is 0 Å². The summed E-state index contributed by atoms with van der Waals surface area (Å²) >= 11 is 0. The minimum atomic E-state index is -1.58. The third kappa shape index (κ3) is 2.52. The van der Waals surface area contributed by atoms with Crippen molar-refractivity contribution in [2.24, 2.45) is 5.73 Å². The van der Waals surface area contributed by atoms with Gasteiger partial charge in [-0.25, -0.2) is 8.78 Å². The Balaban J connectivity index is 2.99.